The number of rotatable bonds is 6. The highest BCUT2D eigenvalue weighted by molar-refractivity contribution is 9.10. The molecule has 1 aliphatic heterocycles. The fourth-order valence-electron chi connectivity index (χ4n) is 3.10. The van der Waals surface area contributed by atoms with Gasteiger partial charge in [-0.1, -0.05) is 27.2 Å². The molecule has 0 aliphatic carbocycles. The Kier molecular flexibility index (Phi) is 6.53. The molecule has 0 bridgehead atoms. The van der Waals surface area contributed by atoms with Gasteiger partial charge in [-0.2, -0.15) is 0 Å². The lowest BCUT2D eigenvalue weighted by molar-refractivity contribution is 0.109. The van der Waals surface area contributed by atoms with Crippen molar-refractivity contribution in [2.45, 2.75) is 58.7 Å². The lowest BCUT2D eigenvalue weighted by Gasteiger charge is -2.41. The monoisotopic (exact) mass is 358 g/mol. The van der Waals surface area contributed by atoms with Crippen LogP contribution in [0.5, 0.6) is 0 Å². The van der Waals surface area contributed by atoms with Crippen LogP contribution < -0.4 is 5.32 Å². The standard InChI is InChI=1S/C16H27BrN2S/c1-4-5-15-8-18-14(6-12(2)3)9-19(15)10-16-7-13(17)11-20-16/h7,11-12,14-15,18H,4-6,8-10H2,1-3H3. The van der Waals surface area contributed by atoms with E-state index >= 15 is 0 Å². The largest absolute Gasteiger partial charge is 0.311 e. The average molecular weight is 359 g/mol. The van der Waals surface area contributed by atoms with E-state index in [4.69, 9.17) is 0 Å². The maximum absolute atomic E-state index is 3.76. The predicted octanol–water partition coefficient (Wildman–Crippen LogP) is 4.50. The summed E-state index contributed by atoms with van der Waals surface area (Å²) < 4.78 is 1.22. The van der Waals surface area contributed by atoms with Crippen LogP contribution in [0.15, 0.2) is 15.9 Å². The van der Waals surface area contributed by atoms with Crippen molar-refractivity contribution in [3.05, 3.63) is 20.8 Å². The molecule has 114 valence electrons. The van der Waals surface area contributed by atoms with Gasteiger partial charge in [-0.3, -0.25) is 4.90 Å². The summed E-state index contributed by atoms with van der Waals surface area (Å²) >= 11 is 5.44. The van der Waals surface area contributed by atoms with Crippen LogP contribution >= 0.6 is 27.3 Å². The zero-order valence-corrected chi connectivity index (χ0v) is 15.3. The lowest BCUT2D eigenvalue weighted by atomic mass is 9.98. The van der Waals surface area contributed by atoms with Crippen LogP contribution in [0.3, 0.4) is 0 Å². The molecule has 20 heavy (non-hydrogen) atoms. The van der Waals surface area contributed by atoms with Gasteiger partial charge >= 0.3 is 0 Å². The molecule has 0 aromatic carbocycles. The highest BCUT2D eigenvalue weighted by Crippen LogP contribution is 2.24. The minimum Gasteiger partial charge on any atom is -0.311 e. The first-order valence-electron chi connectivity index (χ1n) is 7.78. The third-order valence-corrected chi connectivity index (χ3v) is 5.65. The van der Waals surface area contributed by atoms with Gasteiger partial charge in [0.25, 0.3) is 0 Å². The van der Waals surface area contributed by atoms with Crippen LogP contribution in [-0.2, 0) is 6.54 Å². The number of hydrogen-bond donors (Lipinski definition) is 1. The second kappa shape index (κ2) is 7.92. The molecule has 1 aliphatic rings. The van der Waals surface area contributed by atoms with Crippen molar-refractivity contribution in [3.8, 4) is 0 Å². The summed E-state index contributed by atoms with van der Waals surface area (Å²) in [5, 5.41) is 5.95. The van der Waals surface area contributed by atoms with Crippen molar-refractivity contribution >= 4 is 27.3 Å². The molecular weight excluding hydrogens is 332 g/mol. The van der Waals surface area contributed by atoms with E-state index in [-0.39, 0.29) is 0 Å². The predicted molar refractivity (Wildman–Crippen MR) is 92.4 cm³/mol. The van der Waals surface area contributed by atoms with Crippen molar-refractivity contribution in [1.82, 2.24) is 10.2 Å². The zero-order valence-electron chi connectivity index (χ0n) is 12.9. The fraction of sp³-hybridized carbons (Fsp3) is 0.750. The van der Waals surface area contributed by atoms with Gasteiger partial charge in [-0.15, -0.1) is 11.3 Å². The molecule has 1 aromatic rings. The Morgan fingerprint density at radius 3 is 2.90 bits per heavy atom. The number of thiophene rings is 1. The minimum atomic E-state index is 0.659. The summed E-state index contributed by atoms with van der Waals surface area (Å²) in [5.74, 6) is 0.771. The topological polar surface area (TPSA) is 15.3 Å². The van der Waals surface area contributed by atoms with E-state index in [1.165, 1.54) is 35.2 Å². The summed E-state index contributed by atoms with van der Waals surface area (Å²) in [6, 6.07) is 3.63. The maximum atomic E-state index is 3.76. The third-order valence-electron chi connectivity index (χ3n) is 3.97. The van der Waals surface area contributed by atoms with Gasteiger partial charge in [0, 0.05) is 46.4 Å². The third kappa shape index (κ3) is 4.83. The van der Waals surface area contributed by atoms with Crippen molar-refractivity contribution in [2.75, 3.05) is 13.1 Å². The Morgan fingerprint density at radius 2 is 2.30 bits per heavy atom. The summed E-state index contributed by atoms with van der Waals surface area (Å²) in [7, 11) is 0. The summed E-state index contributed by atoms with van der Waals surface area (Å²) in [6.07, 6.45) is 3.85. The first kappa shape index (κ1) is 16.5. The van der Waals surface area contributed by atoms with Crippen molar-refractivity contribution in [3.63, 3.8) is 0 Å². The molecule has 1 aromatic heterocycles. The normalized spacial score (nSPS) is 24.4. The molecule has 0 radical (unpaired) electrons. The van der Waals surface area contributed by atoms with Gasteiger partial charge in [0.05, 0.1) is 0 Å². The van der Waals surface area contributed by atoms with Crippen LogP contribution in [0.4, 0.5) is 0 Å². The lowest BCUT2D eigenvalue weighted by Crippen LogP contribution is -2.56. The molecule has 4 heteroatoms. The first-order valence-corrected chi connectivity index (χ1v) is 9.46. The SMILES string of the molecule is CCCC1CNC(CC(C)C)CN1Cc1cc(Br)cs1. The van der Waals surface area contributed by atoms with E-state index in [1.54, 1.807) is 0 Å². The van der Waals surface area contributed by atoms with Crippen molar-refractivity contribution < 1.29 is 0 Å². The Labute approximate surface area is 136 Å². The molecule has 1 N–H and O–H groups in total. The second-order valence-electron chi connectivity index (χ2n) is 6.34. The number of nitrogens with one attached hydrogen (secondary N) is 1. The number of nitrogens with zero attached hydrogens (tertiary/aromatic N) is 1. The highest BCUT2D eigenvalue weighted by Gasteiger charge is 2.27. The number of hydrogen-bond acceptors (Lipinski definition) is 3. The molecular formula is C16H27BrN2S. The summed E-state index contributed by atoms with van der Waals surface area (Å²) in [6.45, 7) is 10.4. The number of halogens is 1. The van der Waals surface area contributed by atoms with Crippen LogP contribution in [0.2, 0.25) is 0 Å². The maximum Gasteiger partial charge on any atom is 0.0332 e. The Morgan fingerprint density at radius 1 is 1.50 bits per heavy atom. The number of piperazine rings is 1. The van der Waals surface area contributed by atoms with Gasteiger partial charge in [-0.25, -0.2) is 0 Å². The van der Waals surface area contributed by atoms with E-state index in [9.17, 15) is 0 Å². The van der Waals surface area contributed by atoms with Gasteiger partial charge in [-0.05, 0) is 40.8 Å². The second-order valence-corrected chi connectivity index (χ2v) is 8.25. The Hall–Kier alpha value is 0.1000. The molecule has 0 spiro atoms. The van der Waals surface area contributed by atoms with Gasteiger partial charge < -0.3 is 5.32 Å². The van der Waals surface area contributed by atoms with Crippen LogP contribution in [0.1, 0.15) is 44.9 Å². The summed E-state index contributed by atoms with van der Waals surface area (Å²) in [4.78, 5) is 4.17. The Bertz CT molecular complexity index is 405. The van der Waals surface area contributed by atoms with Gasteiger partial charge in [0.2, 0.25) is 0 Å². The van der Waals surface area contributed by atoms with E-state index < -0.39 is 0 Å². The zero-order chi connectivity index (χ0) is 14.5. The van der Waals surface area contributed by atoms with Crippen LogP contribution in [-0.4, -0.2) is 30.1 Å². The molecule has 2 heterocycles. The average Bonchev–Trinajstić information content (AvgIpc) is 2.77. The van der Waals surface area contributed by atoms with Crippen LogP contribution in [0, 0.1) is 5.92 Å². The van der Waals surface area contributed by atoms with E-state index in [1.807, 2.05) is 11.3 Å². The van der Waals surface area contributed by atoms with Crippen molar-refractivity contribution in [1.29, 1.82) is 0 Å². The van der Waals surface area contributed by atoms with E-state index in [0.29, 0.717) is 12.1 Å². The van der Waals surface area contributed by atoms with Gasteiger partial charge in [0.15, 0.2) is 0 Å². The van der Waals surface area contributed by atoms with E-state index in [2.05, 4.69) is 58.4 Å². The minimum absolute atomic E-state index is 0.659. The molecule has 2 rings (SSSR count). The first-order chi connectivity index (χ1) is 9.58. The Balaban J connectivity index is 1.98. The molecule has 1 saturated heterocycles. The quantitative estimate of drug-likeness (QED) is 0.805. The van der Waals surface area contributed by atoms with E-state index in [0.717, 1.165) is 19.0 Å². The summed E-state index contributed by atoms with van der Waals surface area (Å²) in [5.41, 5.74) is 0. The smallest absolute Gasteiger partial charge is 0.0332 e. The molecule has 0 saturated carbocycles. The van der Waals surface area contributed by atoms with Gasteiger partial charge in [0.1, 0.15) is 0 Å². The van der Waals surface area contributed by atoms with Crippen LogP contribution in [0.25, 0.3) is 0 Å². The molecule has 2 unspecified atom stereocenters. The van der Waals surface area contributed by atoms with Crippen molar-refractivity contribution in [2.24, 2.45) is 5.92 Å². The highest BCUT2D eigenvalue weighted by atomic mass is 79.9. The molecule has 0 amide bonds. The molecule has 1 fully saturated rings. The molecule has 2 atom stereocenters. The fourth-order valence-corrected chi connectivity index (χ4v) is 4.58. The molecule has 2 nitrogen and oxygen atoms in total.